The van der Waals surface area contributed by atoms with Gasteiger partial charge in [-0.05, 0) is 42.7 Å². The molecule has 128 valence electrons. The molecule has 5 nitrogen and oxygen atoms in total. The predicted molar refractivity (Wildman–Crippen MR) is 97.4 cm³/mol. The zero-order valence-corrected chi connectivity index (χ0v) is 14.5. The largest absolute Gasteiger partial charge is 0.379 e. The van der Waals surface area contributed by atoms with Gasteiger partial charge in [0.2, 0.25) is 0 Å². The highest BCUT2D eigenvalue weighted by molar-refractivity contribution is 8.14. The Morgan fingerprint density at radius 3 is 2.96 bits per heavy atom. The van der Waals surface area contributed by atoms with E-state index in [4.69, 9.17) is 17.3 Å². The molecule has 1 fully saturated rings. The van der Waals surface area contributed by atoms with Gasteiger partial charge in [-0.15, -0.1) is 0 Å². The average molecular weight is 377 g/mol. The highest BCUT2D eigenvalue weighted by Gasteiger charge is 2.48. The number of nitrogens with one attached hydrogen (secondary N) is 1. The second-order valence-electron chi connectivity index (χ2n) is 6.02. The number of aliphatic imine (C=N–C) groups is 1. The summed E-state index contributed by atoms with van der Waals surface area (Å²) in [5.41, 5.74) is 7.01. The first-order valence-electron chi connectivity index (χ1n) is 7.73. The van der Waals surface area contributed by atoms with Crippen molar-refractivity contribution in [2.24, 2.45) is 16.6 Å². The van der Waals surface area contributed by atoms with Gasteiger partial charge in [0.1, 0.15) is 11.5 Å². The highest BCUT2D eigenvalue weighted by atomic mass is 35.5. The fourth-order valence-electron chi connectivity index (χ4n) is 2.93. The molecule has 1 saturated carbocycles. The number of amides is 1. The molecule has 3 unspecified atom stereocenters. The molecular formula is C17H14ClFN4OS. The van der Waals surface area contributed by atoms with Crippen LogP contribution in [0.2, 0.25) is 5.02 Å². The molecule has 1 aliphatic carbocycles. The summed E-state index contributed by atoms with van der Waals surface area (Å²) in [6, 6.07) is 7.30. The van der Waals surface area contributed by atoms with Crippen molar-refractivity contribution in [2.45, 2.75) is 17.7 Å². The van der Waals surface area contributed by atoms with E-state index >= 15 is 0 Å². The smallest absolute Gasteiger partial charge is 0.274 e. The van der Waals surface area contributed by atoms with E-state index in [1.54, 1.807) is 23.9 Å². The first-order chi connectivity index (χ1) is 12.0. The molecule has 25 heavy (non-hydrogen) atoms. The number of aromatic nitrogens is 1. The Kier molecular flexibility index (Phi) is 4.13. The average Bonchev–Trinajstić information content (AvgIpc) is 3.35. The lowest BCUT2D eigenvalue weighted by atomic mass is 10.0. The summed E-state index contributed by atoms with van der Waals surface area (Å²) >= 11 is 7.32. The maximum atomic E-state index is 14.3. The molecule has 3 N–H and O–H groups in total. The van der Waals surface area contributed by atoms with Crippen molar-refractivity contribution in [1.82, 2.24) is 4.98 Å². The van der Waals surface area contributed by atoms with Crippen LogP contribution in [0.3, 0.4) is 0 Å². The molecule has 3 atom stereocenters. The number of carbonyl (C=O) groups is 1. The van der Waals surface area contributed by atoms with Gasteiger partial charge in [0.05, 0.1) is 11.1 Å². The number of amidine groups is 1. The lowest BCUT2D eigenvalue weighted by Crippen LogP contribution is -2.18. The van der Waals surface area contributed by atoms with E-state index in [9.17, 15) is 9.18 Å². The van der Waals surface area contributed by atoms with Crippen LogP contribution in [0.15, 0.2) is 41.5 Å². The first kappa shape index (κ1) is 16.4. The van der Waals surface area contributed by atoms with Gasteiger partial charge in [-0.2, -0.15) is 0 Å². The van der Waals surface area contributed by atoms with Crippen LogP contribution in [-0.4, -0.2) is 21.3 Å². The Balaban J connectivity index is 1.58. The molecule has 1 aromatic heterocycles. The van der Waals surface area contributed by atoms with Crippen LogP contribution in [-0.2, 0) is 0 Å². The van der Waals surface area contributed by atoms with E-state index in [0.29, 0.717) is 32.6 Å². The molecule has 1 aliphatic heterocycles. The van der Waals surface area contributed by atoms with Crippen molar-refractivity contribution in [3.05, 3.63) is 58.6 Å². The topological polar surface area (TPSA) is 80.4 Å². The lowest BCUT2D eigenvalue weighted by Gasteiger charge is -2.19. The Bertz CT molecular complexity index is 873. The number of halogens is 2. The minimum absolute atomic E-state index is 0.230. The maximum Gasteiger partial charge on any atom is 0.274 e. The van der Waals surface area contributed by atoms with E-state index in [1.165, 1.54) is 24.4 Å². The highest BCUT2D eigenvalue weighted by Crippen LogP contribution is 2.54. The van der Waals surface area contributed by atoms with E-state index in [-0.39, 0.29) is 23.5 Å². The molecule has 0 radical (unpaired) electrons. The minimum Gasteiger partial charge on any atom is -0.379 e. The Labute approximate surface area is 152 Å². The van der Waals surface area contributed by atoms with E-state index in [2.05, 4.69) is 15.3 Å². The molecule has 4 rings (SSSR count). The van der Waals surface area contributed by atoms with Gasteiger partial charge in [0.25, 0.3) is 5.91 Å². The van der Waals surface area contributed by atoms with Crippen LogP contribution >= 0.6 is 23.4 Å². The van der Waals surface area contributed by atoms with Crippen molar-refractivity contribution in [1.29, 1.82) is 0 Å². The molecule has 1 aromatic carbocycles. The second-order valence-corrected chi connectivity index (χ2v) is 7.72. The second kappa shape index (κ2) is 6.31. The number of thioether (sulfide) groups is 1. The summed E-state index contributed by atoms with van der Waals surface area (Å²) in [6.07, 6.45) is 2.38. The third-order valence-electron chi connectivity index (χ3n) is 4.26. The Hall–Kier alpha value is -2.12. The standard InChI is InChI=1S/C17H14ClFN4OS/c18-8-1-4-13(21-7-8)16(24)22-9-2-3-12(19)10(5-9)15-11-6-14(11)25-17(20)23-15/h1-5,7,11,14-15H,6H2,(H2,20,23)(H,22,24). The first-order valence-corrected chi connectivity index (χ1v) is 8.99. The fraction of sp³-hybridized carbons (Fsp3) is 0.235. The molecule has 2 aliphatic rings. The quantitative estimate of drug-likeness (QED) is 0.857. The zero-order valence-electron chi connectivity index (χ0n) is 12.9. The Morgan fingerprint density at radius 2 is 2.20 bits per heavy atom. The minimum atomic E-state index is -0.388. The van der Waals surface area contributed by atoms with Gasteiger partial charge in [-0.3, -0.25) is 9.79 Å². The molecule has 2 heterocycles. The number of benzene rings is 1. The number of hydrogen-bond acceptors (Lipinski definition) is 5. The van der Waals surface area contributed by atoms with Crippen LogP contribution in [0.1, 0.15) is 28.5 Å². The lowest BCUT2D eigenvalue weighted by molar-refractivity contribution is 0.102. The molecule has 0 saturated heterocycles. The summed E-state index contributed by atoms with van der Waals surface area (Å²) in [4.78, 5) is 20.6. The number of nitrogens with two attached hydrogens (primary N) is 1. The van der Waals surface area contributed by atoms with Crippen LogP contribution in [0.5, 0.6) is 0 Å². The van der Waals surface area contributed by atoms with Gasteiger partial charge in [0.15, 0.2) is 5.17 Å². The number of hydrogen-bond donors (Lipinski definition) is 2. The number of carbonyl (C=O) groups excluding carboxylic acids is 1. The number of pyridine rings is 1. The molecule has 8 heteroatoms. The van der Waals surface area contributed by atoms with Crippen molar-refractivity contribution in [3.8, 4) is 0 Å². The normalized spacial score (nSPS) is 24.2. The van der Waals surface area contributed by atoms with Gasteiger partial charge in [-0.1, -0.05) is 23.4 Å². The zero-order chi connectivity index (χ0) is 17.6. The molecular weight excluding hydrogens is 363 g/mol. The van der Waals surface area contributed by atoms with Gasteiger partial charge in [0, 0.05) is 22.7 Å². The molecule has 1 amide bonds. The fourth-order valence-corrected chi connectivity index (χ4v) is 4.17. The van der Waals surface area contributed by atoms with Crippen LogP contribution < -0.4 is 11.1 Å². The van der Waals surface area contributed by atoms with Crippen molar-refractivity contribution >= 4 is 40.1 Å². The van der Waals surface area contributed by atoms with Crippen molar-refractivity contribution in [3.63, 3.8) is 0 Å². The summed E-state index contributed by atoms with van der Waals surface area (Å²) in [5.74, 6) is -0.432. The third-order valence-corrected chi connectivity index (χ3v) is 5.67. The number of fused-ring (bicyclic) bond motifs is 1. The van der Waals surface area contributed by atoms with E-state index in [1.807, 2.05) is 0 Å². The number of nitrogens with zero attached hydrogens (tertiary/aromatic N) is 2. The van der Waals surface area contributed by atoms with Crippen molar-refractivity contribution < 1.29 is 9.18 Å². The number of rotatable bonds is 3. The van der Waals surface area contributed by atoms with Gasteiger partial charge in [-0.25, -0.2) is 9.37 Å². The van der Waals surface area contributed by atoms with Crippen LogP contribution in [0.25, 0.3) is 0 Å². The SMILES string of the molecule is NC1=NC(c2cc(NC(=O)c3ccc(Cl)cn3)ccc2F)C2CC2S1. The molecule has 0 bridgehead atoms. The van der Waals surface area contributed by atoms with Crippen LogP contribution in [0, 0.1) is 11.7 Å². The summed E-state index contributed by atoms with van der Waals surface area (Å²) < 4.78 is 14.3. The van der Waals surface area contributed by atoms with Gasteiger partial charge < -0.3 is 11.1 Å². The predicted octanol–water partition coefficient (Wildman–Crippen LogP) is 3.62. The van der Waals surface area contributed by atoms with Crippen molar-refractivity contribution in [2.75, 3.05) is 5.32 Å². The monoisotopic (exact) mass is 376 g/mol. The Morgan fingerprint density at radius 1 is 1.36 bits per heavy atom. The van der Waals surface area contributed by atoms with E-state index in [0.717, 1.165) is 6.42 Å². The molecule has 2 aromatic rings. The summed E-state index contributed by atoms with van der Waals surface area (Å²) in [7, 11) is 0. The summed E-state index contributed by atoms with van der Waals surface area (Å²) in [6.45, 7) is 0. The number of anilines is 1. The van der Waals surface area contributed by atoms with Crippen LogP contribution in [0.4, 0.5) is 10.1 Å². The molecule has 0 spiro atoms. The summed E-state index contributed by atoms with van der Waals surface area (Å²) in [5, 5.41) is 4.08. The van der Waals surface area contributed by atoms with Gasteiger partial charge >= 0.3 is 0 Å². The maximum absolute atomic E-state index is 14.3. The van der Waals surface area contributed by atoms with E-state index < -0.39 is 0 Å². The third kappa shape index (κ3) is 3.34.